The third-order valence-corrected chi connectivity index (χ3v) is 4.22. The van der Waals surface area contributed by atoms with E-state index in [0.29, 0.717) is 28.6 Å². The molecule has 1 fully saturated rings. The molecule has 0 saturated carbocycles. The molecular formula is C17H16Cl2N2O5. The minimum atomic E-state index is -1.61. The maximum absolute atomic E-state index is 12.4. The van der Waals surface area contributed by atoms with Crippen LogP contribution in [0, 0.1) is 5.92 Å². The average molecular weight is 399 g/mol. The van der Waals surface area contributed by atoms with Crippen molar-refractivity contribution in [2.24, 2.45) is 5.92 Å². The van der Waals surface area contributed by atoms with E-state index in [-0.39, 0.29) is 6.54 Å². The van der Waals surface area contributed by atoms with Crippen LogP contribution in [0.2, 0.25) is 10.0 Å². The van der Waals surface area contributed by atoms with Crippen LogP contribution in [0.15, 0.2) is 24.3 Å². The van der Waals surface area contributed by atoms with Crippen molar-refractivity contribution in [2.75, 3.05) is 20.3 Å². The van der Waals surface area contributed by atoms with Gasteiger partial charge in [-0.1, -0.05) is 29.3 Å². The molecule has 9 heteroatoms. The summed E-state index contributed by atoms with van der Waals surface area (Å²) in [6, 6.07) is 3.84. The van der Waals surface area contributed by atoms with Crippen molar-refractivity contribution in [3.05, 3.63) is 39.9 Å². The van der Waals surface area contributed by atoms with Crippen molar-refractivity contribution in [1.29, 1.82) is 0 Å². The fourth-order valence-corrected chi connectivity index (χ4v) is 2.82. The van der Waals surface area contributed by atoms with Gasteiger partial charge >= 0.3 is 6.03 Å². The zero-order valence-corrected chi connectivity index (χ0v) is 15.3. The lowest BCUT2D eigenvalue weighted by atomic mass is 9.98. The molecule has 0 unspecified atom stereocenters. The normalized spacial score (nSPS) is 17.7. The lowest BCUT2D eigenvalue weighted by Gasteiger charge is -2.28. The number of hydrogen-bond donors (Lipinski definition) is 1. The second-order valence-corrected chi connectivity index (χ2v) is 6.31. The number of ketones is 1. The molecule has 0 bridgehead atoms. The molecule has 0 radical (unpaired) electrons. The van der Waals surface area contributed by atoms with Crippen molar-refractivity contribution in [3.63, 3.8) is 0 Å². The Kier molecular flexibility index (Phi) is 6.90. The fourth-order valence-electron chi connectivity index (χ4n) is 2.35. The highest BCUT2D eigenvalue weighted by atomic mass is 35.5. The van der Waals surface area contributed by atoms with E-state index in [4.69, 9.17) is 27.9 Å². The van der Waals surface area contributed by atoms with Gasteiger partial charge in [0.2, 0.25) is 5.91 Å². The molecule has 138 valence electrons. The Labute approximate surface area is 159 Å². The van der Waals surface area contributed by atoms with Gasteiger partial charge in [-0.2, -0.15) is 0 Å². The zero-order chi connectivity index (χ0) is 19.3. The molecular weight excluding hydrogens is 383 g/mol. The molecule has 1 heterocycles. The van der Waals surface area contributed by atoms with Crippen LogP contribution in [0.3, 0.4) is 0 Å². The lowest BCUT2D eigenvalue weighted by Crippen LogP contribution is -2.59. The molecule has 1 N–H and O–H groups in total. The quantitative estimate of drug-likeness (QED) is 0.432. The van der Waals surface area contributed by atoms with Crippen LogP contribution in [0.4, 0.5) is 4.79 Å². The van der Waals surface area contributed by atoms with Gasteiger partial charge in [-0.05, 0) is 36.3 Å². The average Bonchev–Trinajstić information content (AvgIpc) is 2.57. The van der Waals surface area contributed by atoms with Gasteiger partial charge < -0.3 is 4.74 Å². The van der Waals surface area contributed by atoms with Crippen LogP contribution < -0.4 is 5.32 Å². The predicted molar refractivity (Wildman–Crippen MR) is 95.7 cm³/mol. The van der Waals surface area contributed by atoms with Crippen LogP contribution in [-0.4, -0.2) is 48.8 Å². The topological polar surface area (TPSA) is 92.8 Å². The van der Waals surface area contributed by atoms with E-state index in [1.54, 1.807) is 12.1 Å². The molecule has 1 aliphatic rings. The summed E-state index contributed by atoms with van der Waals surface area (Å²) in [4.78, 5) is 49.4. The van der Waals surface area contributed by atoms with Crippen LogP contribution >= 0.6 is 23.2 Å². The zero-order valence-electron chi connectivity index (χ0n) is 13.8. The Bertz CT molecular complexity index is 778. The van der Waals surface area contributed by atoms with Gasteiger partial charge in [0.1, 0.15) is 0 Å². The Morgan fingerprint density at radius 3 is 2.69 bits per heavy atom. The van der Waals surface area contributed by atoms with Gasteiger partial charge in [0.05, 0.1) is 0 Å². The summed E-state index contributed by atoms with van der Waals surface area (Å²) < 4.78 is 4.87. The second kappa shape index (κ2) is 8.93. The smallest absolute Gasteiger partial charge is 0.330 e. The largest absolute Gasteiger partial charge is 0.385 e. The minimum absolute atomic E-state index is 0.0439. The number of ether oxygens (including phenoxy) is 1. The summed E-state index contributed by atoms with van der Waals surface area (Å²) in [6.07, 6.45) is 2.86. The van der Waals surface area contributed by atoms with Gasteiger partial charge in [0.15, 0.2) is 11.7 Å². The SMILES string of the molecule is COCCCN1C(=O)NC(=O)[C@@H](C(=O)/C=C/c2ccc(Cl)cc2Cl)C1=O. The Hall–Kier alpha value is -2.22. The maximum atomic E-state index is 12.4. The number of nitrogens with one attached hydrogen (secondary N) is 1. The summed E-state index contributed by atoms with van der Waals surface area (Å²) in [5.41, 5.74) is 0.501. The summed E-state index contributed by atoms with van der Waals surface area (Å²) >= 11 is 11.8. The highest BCUT2D eigenvalue weighted by Crippen LogP contribution is 2.22. The van der Waals surface area contributed by atoms with E-state index in [1.165, 1.54) is 19.3 Å². The summed E-state index contributed by atoms with van der Waals surface area (Å²) in [5.74, 6) is -4.16. The van der Waals surface area contributed by atoms with E-state index in [9.17, 15) is 19.2 Å². The van der Waals surface area contributed by atoms with Crippen LogP contribution in [0.5, 0.6) is 0 Å². The summed E-state index contributed by atoms with van der Waals surface area (Å²) in [7, 11) is 1.49. The lowest BCUT2D eigenvalue weighted by molar-refractivity contribution is -0.146. The minimum Gasteiger partial charge on any atom is -0.385 e. The van der Waals surface area contributed by atoms with E-state index >= 15 is 0 Å². The van der Waals surface area contributed by atoms with E-state index in [1.807, 2.05) is 5.32 Å². The number of methoxy groups -OCH3 is 1. The third-order valence-electron chi connectivity index (χ3n) is 3.65. The third kappa shape index (κ3) is 4.69. The first-order valence-corrected chi connectivity index (χ1v) is 8.43. The Balaban J connectivity index is 2.15. The number of allylic oxidation sites excluding steroid dienone is 1. The van der Waals surface area contributed by atoms with Gasteiger partial charge in [-0.15, -0.1) is 0 Å². The molecule has 0 aromatic heterocycles. The van der Waals surface area contributed by atoms with Crippen molar-refractivity contribution >= 4 is 52.9 Å². The van der Waals surface area contributed by atoms with Gasteiger partial charge in [0, 0.05) is 30.3 Å². The van der Waals surface area contributed by atoms with Crippen molar-refractivity contribution in [3.8, 4) is 0 Å². The van der Waals surface area contributed by atoms with Crippen LogP contribution in [-0.2, 0) is 19.1 Å². The molecule has 2 rings (SSSR count). The van der Waals surface area contributed by atoms with Gasteiger partial charge in [-0.25, -0.2) is 4.79 Å². The molecule has 1 aromatic carbocycles. The number of imide groups is 2. The molecule has 1 saturated heterocycles. The highest BCUT2D eigenvalue weighted by Gasteiger charge is 2.43. The van der Waals surface area contributed by atoms with Crippen molar-refractivity contribution < 1.29 is 23.9 Å². The standard InChI is InChI=1S/C17H16Cl2N2O5/c1-26-8-2-7-21-16(24)14(15(23)20-17(21)25)13(22)6-4-10-3-5-11(18)9-12(10)19/h3-6,9,14H,2,7-8H2,1H3,(H,20,23,25)/b6-4+/t14-/m1/s1. The van der Waals surface area contributed by atoms with Gasteiger partial charge in [0.25, 0.3) is 5.91 Å². The van der Waals surface area contributed by atoms with Crippen LogP contribution in [0.25, 0.3) is 6.08 Å². The van der Waals surface area contributed by atoms with E-state index in [0.717, 1.165) is 11.0 Å². The Morgan fingerprint density at radius 2 is 2.04 bits per heavy atom. The fraction of sp³-hybridized carbons (Fsp3) is 0.294. The number of carbonyl (C=O) groups excluding carboxylic acids is 4. The number of urea groups is 1. The molecule has 1 aliphatic heterocycles. The van der Waals surface area contributed by atoms with Gasteiger partial charge in [-0.3, -0.25) is 24.6 Å². The first kappa shape index (κ1) is 20.1. The van der Waals surface area contributed by atoms with Crippen molar-refractivity contribution in [1.82, 2.24) is 10.2 Å². The number of barbiturate groups is 1. The molecule has 26 heavy (non-hydrogen) atoms. The first-order chi connectivity index (χ1) is 12.3. The maximum Gasteiger partial charge on any atom is 0.330 e. The number of hydrogen-bond acceptors (Lipinski definition) is 5. The number of benzene rings is 1. The first-order valence-electron chi connectivity index (χ1n) is 7.67. The second-order valence-electron chi connectivity index (χ2n) is 5.47. The summed E-state index contributed by atoms with van der Waals surface area (Å²) in [6.45, 7) is 0.376. The number of halogens is 2. The molecule has 7 nitrogen and oxygen atoms in total. The highest BCUT2D eigenvalue weighted by molar-refractivity contribution is 6.35. The Morgan fingerprint density at radius 1 is 1.31 bits per heavy atom. The predicted octanol–water partition coefficient (Wildman–Crippen LogP) is 2.31. The molecule has 0 spiro atoms. The van der Waals surface area contributed by atoms with Crippen molar-refractivity contribution in [2.45, 2.75) is 6.42 Å². The number of rotatable bonds is 7. The molecule has 1 atom stereocenters. The van der Waals surface area contributed by atoms with E-state index < -0.39 is 29.5 Å². The molecule has 0 aliphatic carbocycles. The molecule has 1 aromatic rings. The van der Waals surface area contributed by atoms with E-state index in [2.05, 4.69) is 0 Å². The number of carbonyl (C=O) groups is 4. The van der Waals surface area contributed by atoms with Crippen LogP contribution in [0.1, 0.15) is 12.0 Å². The molecule has 4 amide bonds. The monoisotopic (exact) mass is 398 g/mol. The summed E-state index contributed by atoms with van der Waals surface area (Å²) in [5, 5.41) is 2.78. The number of amides is 4. The number of nitrogens with zero attached hydrogens (tertiary/aromatic N) is 1.